The van der Waals surface area contributed by atoms with Gasteiger partial charge in [0.1, 0.15) is 0 Å². The Bertz CT molecular complexity index is 509. The predicted octanol–water partition coefficient (Wildman–Crippen LogP) is 4.39. The van der Waals surface area contributed by atoms with Gasteiger partial charge in [0.25, 0.3) is 0 Å². The molecule has 0 bridgehead atoms. The highest BCUT2D eigenvalue weighted by Crippen LogP contribution is 2.25. The molecule has 0 atom stereocenters. The van der Waals surface area contributed by atoms with Crippen LogP contribution in [-0.4, -0.2) is 0 Å². The van der Waals surface area contributed by atoms with Crippen molar-refractivity contribution < 1.29 is 0 Å². The highest BCUT2D eigenvalue weighted by molar-refractivity contribution is 9.11. The summed E-state index contributed by atoms with van der Waals surface area (Å²) in [5.74, 6) is 0. The fraction of sp³-hybridized carbons (Fsp3) is 0.0769. The van der Waals surface area contributed by atoms with E-state index in [0.29, 0.717) is 0 Å². The van der Waals surface area contributed by atoms with Gasteiger partial charge in [0.05, 0.1) is 0 Å². The molecule has 5 heteroatoms. The molecule has 2 rings (SSSR count). The van der Waals surface area contributed by atoms with Gasteiger partial charge in [-0.3, -0.25) is 0 Å². The van der Waals surface area contributed by atoms with Crippen LogP contribution in [0.15, 0.2) is 45.3 Å². The topological polar surface area (TPSA) is 52.0 Å². The van der Waals surface area contributed by atoms with Crippen molar-refractivity contribution in [1.82, 2.24) is 0 Å². The highest BCUT2D eigenvalue weighted by Gasteiger charge is 2.02. The fourth-order valence-corrected chi connectivity index (χ4v) is 2.45. The Morgan fingerprint density at radius 3 is 1.50 bits per heavy atom. The molecule has 0 aliphatic heterocycles. The van der Waals surface area contributed by atoms with Crippen LogP contribution in [-0.2, 0) is 6.42 Å². The average molecular weight is 393 g/mol. The zero-order valence-corrected chi connectivity index (χ0v) is 13.5. The van der Waals surface area contributed by atoms with Crippen LogP contribution in [0.3, 0.4) is 0 Å². The molecule has 0 aliphatic rings. The molecule has 2 nitrogen and oxygen atoms in total. The normalized spacial score (nSPS) is 9.89. The largest absolute Gasteiger partial charge is 0.398 e. The van der Waals surface area contributed by atoms with Gasteiger partial charge in [0.2, 0.25) is 0 Å². The van der Waals surface area contributed by atoms with Gasteiger partial charge in [0, 0.05) is 20.3 Å². The van der Waals surface area contributed by atoms with Crippen LogP contribution in [0.2, 0.25) is 0 Å². The lowest BCUT2D eigenvalue weighted by Gasteiger charge is -2.06. The summed E-state index contributed by atoms with van der Waals surface area (Å²) in [4.78, 5) is 0. The molecule has 0 amide bonds. The van der Waals surface area contributed by atoms with Crippen molar-refractivity contribution in [3.05, 3.63) is 56.5 Å². The van der Waals surface area contributed by atoms with E-state index < -0.39 is 0 Å². The van der Waals surface area contributed by atoms with Gasteiger partial charge in [-0.25, -0.2) is 0 Å². The molecule has 0 fully saturated rings. The summed E-state index contributed by atoms with van der Waals surface area (Å²) in [5, 5.41) is 0. The Morgan fingerprint density at radius 1 is 0.778 bits per heavy atom. The van der Waals surface area contributed by atoms with Crippen LogP contribution in [0.25, 0.3) is 0 Å². The first kappa shape index (κ1) is 15.3. The lowest BCUT2D eigenvalue weighted by Crippen LogP contribution is -1.93. The molecule has 18 heavy (non-hydrogen) atoms. The number of benzene rings is 2. The van der Waals surface area contributed by atoms with Crippen molar-refractivity contribution in [3.8, 4) is 0 Å². The Morgan fingerprint density at radius 2 is 1.17 bits per heavy atom. The van der Waals surface area contributed by atoms with Crippen LogP contribution in [0.4, 0.5) is 11.4 Å². The van der Waals surface area contributed by atoms with Crippen LogP contribution >= 0.6 is 44.3 Å². The second-order valence-corrected chi connectivity index (χ2v) is 5.60. The molecule has 0 saturated carbocycles. The van der Waals surface area contributed by atoms with Gasteiger partial charge in [-0.15, -0.1) is 12.4 Å². The zero-order chi connectivity index (χ0) is 12.4. The van der Waals surface area contributed by atoms with Crippen molar-refractivity contribution in [2.45, 2.75) is 6.42 Å². The molecule has 2 aromatic carbocycles. The SMILES string of the molecule is Cl.Nc1ccc(Cc2ccc(N)c(Br)c2)cc1Br. The summed E-state index contributed by atoms with van der Waals surface area (Å²) in [6, 6.07) is 12.0. The summed E-state index contributed by atoms with van der Waals surface area (Å²) in [7, 11) is 0. The third-order valence-electron chi connectivity index (χ3n) is 2.54. The Hall–Kier alpha value is -0.710. The Kier molecular flexibility index (Phi) is 5.50. The number of nitrogen functional groups attached to an aromatic ring is 2. The standard InChI is InChI=1S/C13H12Br2N2.ClH/c14-10-6-8(1-3-12(10)16)5-9-2-4-13(17)11(15)7-9;/h1-4,6-7H,5,16-17H2;1H. The lowest BCUT2D eigenvalue weighted by molar-refractivity contribution is 1.19. The van der Waals surface area contributed by atoms with Crippen molar-refractivity contribution in [3.63, 3.8) is 0 Å². The minimum absolute atomic E-state index is 0. The third kappa shape index (κ3) is 3.64. The molecule has 0 unspecified atom stereocenters. The summed E-state index contributed by atoms with van der Waals surface area (Å²) in [5.41, 5.74) is 15.4. The summed E-state index contributed by atoms with van der Waals surface area (Å²) in [6.07, 6.45) is 0.859. The van der Waals surface area contributed by atoms with Crippen molar-refractivity contribution in [2.75, 3.05) is 11.5 Å². The van der Waals surface area contributed by atoms with Gasteiger partial charge in [-0.1, -0.05) is 12.1 Å². The molecule has 0 aliphatic carbocycles. The first-order valence-electron chi connectivity index (χ1n) is 5.14. The van der Waals surface area contributed by atoms with E-state index in [1.807, 2.05) is 36.4 Å². The van der Waals surface area contributed by atoms with Crippen LogP contribution < -0.4 is 11.5 Å². The molecule has 2 aromatic rings. The van der Waals surface area contributed by atoms with Gasteiger partial charge >= 0.3 is 0 Å². The minimum Gasteiger partial charge on any atom is -0.398 e. The van der Waals surface area contributed by atoms with Crippen LogP contribution in [0.1, 0.15) is 11.1 Å². The molecule has 0 heterocycles. The molecule has 96 valence electrons. The summed E-state index contributed by atoms with van der Waals surface area (Å²) in [6.45, 7) is 0. The molecule has 0 spiro atoms. The molecule has 4 N–H and O–H groups in total. The van der Waals surface area contributed by atoms with E-state index in [-0.39, 0.29) is 12.4 Å². The number of rotatable bonds is 2. The average Bonchev–Trinajstić information content (AvgIpc) is 2.29. The van der Waals surface area contributed by atoms with E-state index in [1.54, 1.807) is 0 Å². The predicted molar refractivity (Wildman–Crippen MR) is 87.2 cm³/mol. The molecule has 0 aromatic heterocycles. The number of halogens is 3. The summed E-state index contributed by atoms with van der Waals surface area (Å²) >= 11 is 6.86. The van der Waals surface area contributed by atoms with E-state index >= 15 is 0 Å². The van der Waals surface area contributed by atoms with E-state index in [1.165, 1.54) is 11.1 Å². The van der Waals surface area contributed by atoms with Crippen LogP contribution in [0, 0.1) is 0 Å². The van der Waals surface area contributed by atoms with Crippen LogP contribution in [0.5, 0.6) is 0 Å². The van der Waals surface area contributed by atoms with Gasteiger partial charge in [-0.2, -0.15) is 0 Å². The molecular formula is C13H13Br2ClN2. The molecule has 0 radical (unpaired) electrons. The van der Waals surface area contributed by atoms with Crippen molar-refractivity contribution in [1.29, 1.82) is 0 Å². The summed E-state index contributed by atoms with van der Waals surface area (Å²) < 4.78 is 1.87. The zero-order valence-electron chi connectivity index (χ0n) is 9.49. The maximum absolute atomic E-state index is 5.76. The van der Waals surface area contributed by atoms with E-state index in [0.717, 1.165) is 26.7 Å². The Balaban J connectivity index is 0.00000162. The van der Waals surface area contributed by atoms with Gasteiger partial charge in [-0.05, 0) is 73.7 Å². The second-order valence-electron chi connectivity index (χ2n) is 3.89. The smallest absolute Gasteiger partial charge is 0.0458 e. The quantitative estimate of drug-likeness (QED) is 0.745. The van der Waals surface area contributed by atoms with E-state index in [4.69, 9.17) is 11.5 Å². The lowest BCUT2D eigenvalue weighted by atomic mass is 10.0. The van der Waals surface area contributed by atoms with Gasteiger partial charge in [0.15, 0.2) is 0 Å². The highest BCUT2D eigenvalue weighted by atomic mass is 79.9. The number of hydrogen-bond donors (Lipinski definition) is 2. The van der Waals surface area contributed by atoms with E-state index in [9.17, 15) is 0 Å². The maximum Gasteiger partial charge on any atom is 0.0458 e. The Labute approximate surface area is 129 Å². The minimum atomic E-state index is 0. The number of anilines is 2. The van der Waals surface area contributed by atoms with E-state index in [2.05, 4.69) is 31.9 Å². The maximum atomic E-state index is 5.76. The van der Waals surface area contributed by atoms with Crippen molar-refractivity contribution >= 4 is 55.6 Å². The first-order chi connectivity index (χ1) is 8.06. The van der Waals surface area contributed by atoms with Gasteiger partial charge < -0.3 is 11.5 Å². The second kappa shape index (κ2) is 6.45. The number of hydrogen-bond acceptors (Lipinski definition) is 2. The fourth-order valence-electron chi connectivity index (χ4n) is 1.60. The third-order valence-corrected chi connectivity index (χ3v) is 3.91. The van der Waals surface area contributed by atoms with Crippen molar-refractivity contribution in [2.24, 2.45) is 0 Å². The first-order valence-corrected chi connectivity index (χ1v) is 6.72. The molecular weight excluding hydrogens is 379 g/mol. The number of nitrogens with two attached hydrogens (primary N) is 2. The monoisotopic (exact) mass is 390 g/mol. The molecule has 0 saturated heterocycles.